The van der Waals surface area contributed by atoms with Crippen molar-refractivity contribution in [1.82, 2.24) is 62.1 Å². The average molecular weight is 1180 g/mol. The fourth-order valence-corrected chi connectivity index (χ4v) is 8.45. The number of aliphatic carboxylic acids is 1. The van der Waals surface area contributed by atoms with Crippen LogP contribution in [-0.2, 0) is 71.1 Å². The fourth-order valence-electron chi connectivity index (χ4n) is 7.21. The SMILES string of the molecule is CSCC[C@@H](NC=O)C(=O)N[C@@H](CCCN=C(N)N)C(=O)N[C@@H](C(=O)NCC(=O)N[C@@H](CC(N)=O)C(=O)N[C@@H](C)C(=O)N[C@@H](CC(=O)NCCCOP(=O)(O)OC[C@@H]1O[C@@H](n2cnc3ncncc32)[C@H](O)[C@H]1O)C(=O)O)[C@H](C)ON. The molecule has 9 amide bonds. The number of carboxylic acid groups (broad SMARTS) is 1. The Hall–Kier alpha value is -7.22. The summed E-state index contributed by atoms with van der Waals surface area (Å²) < 4.78 is 29.4. The van der Waals surface area contributed by atoms with Crippen molar-refractivity contribution in [3.05, 3.63) is 18.9 Å². The number of phosphoric ester groups is 1. The third-order valence-corrected chi connectivity index (χ3v) is 13.1. The summed E-state index contributed by atoms with van der Waals surface area (Å²) in [6, 6.07) is -9.18. The van der Waals surface area contributed by atoms with Crippen LogP contribution in [0.4, 0.5) is 0 Å². The highest BCUT2D eigenvalue weighted by Gasteiger charge is 2.45. The number of rotatable bonds is 37. The van der Waals surface area contributed by atoms with E-state index in [0.717, 1.165) is 6.92 Å². The highest BCUT2D eigenvalue weighted by Crippen LogP contribution is 2.44. The zero-order chi connectivity index (χ0) is 59.7. The largest absolute Gasteiger partial charge is 0.480 e. The highest BCUT2D eigenvalue weighted by atomic mass is 32.2. The predicted octanol–water partition coefficient (Wildman–Crippen LogP) is -7.80. The molecule has 0 aliphatic carbocycles. The predicted molar refractivity (Wildman–Crippen MR) is 276 cm³/mol. The zero-order valence-corrected chi connectivity index (χ0v) is 45.2. The molecule has 1 aliphatic rings. The number of amides is 9. The molecule has 3 heterocycles. The maximum Gasteiger partial charge on any atom is 0.472 e. The molecule has 2 aromatic rings. The Morgan fingerprint density at radius 2 is 1.54 bits per heavy atom. The van der Waals surface area contributed by atoms with Gasteiger partial charge in [0.25, 0.3) is 0 Å². The number of aliphatic imine (C=N–C) groups is 1. The molecule has 1 fully saturated rings. The van der Waals surface area contributed by atoms with Crippen molar-refractivity contribution in [3.8, 4) is 0 Å². The van der Waals surface area contributed by atoms with Gasteiger partial charge in [0.15, 0.2) is 17.8 Å². The molecule has 3 rings (SSSR count). The standard InChI is InChI=1S/C42H68N17O19PS/c1-20(35(66)57-25(41(71)72)13-29(62)48-9-5-10-75-79(73,74)76-16-27-32(64)33(65)40(77-27)59-18-52-34-26(59)14-47-17-51-34)54-38(69)24(12-28(43)61)55-30(63)15-50-39(70)31(21(2)78-46)58-37(68)23(6-4-8-49-42(44)45)56-36(67)22(53-19-60)7-11-80-3/h14,17-25,27,31-33,40,64-65H,4-13,15-16,46H2,1-3H3,(H2,43,61)(H,48,62)(H,50,70)(H,53,60)(H,54,69)(H,55,63)(H,56,67)(H,57,66)(H,58,68)(H,71,72)(H,73,74)(H4,44,45,49)/t20-,21-,22+,23-,24-,25-,27-,31+,32-,33+,40+/m0/s1. The quantitative estimate of drug-likeness (QED) is 0.00746. The number of hydrogen-bond donors (Lipinski definition) is 16. The number of primary amides is 1. The maximum absolute atomic E-state index is 13.6. The third-order valence-electron chi connectivity index (χ3n) is 11.4. The Morgan fingerprint density at radius 3 is 2.19 bits per heavy atom. The number of aliphatic hydroxyl groups is 2. The lowest BCUT2D eigenvalue weighted by Gasteiger charge is -2.27. The van der Waals surface area contributed by atoms with Gasteiger partial charge in [0.1, 0.15) is 72.5 Å². The van der Waals surface area contributed by atoms with Crippen molar-refractivity contribution < 1.29 is 91.3 Å². The van der Waals surface area contributed by atoms with Gasteiger partial charge in [-0.2, -0.15) is 11.8 Å². The average Bonchev–Trinajstić information content (AvgIpc) is 3.95. The topological polar surface area (TPSA) is 562 Å². The Morgan fingerprint density at radius 1 is 0.850 bits per heavy atom. The summed E-state index contributed by atoms with van der Waals surface area (Å²) in [4.78, 5) is 158. The number of nitrogens with zero attached hydrogens (tertiary/aromatic N) is 5. The van der Waals surface area contributed by atoms with Gasteiger partial charge in [-0.1, -0.05) is 0 Å². The van der Waals surface area contributed by atoms with E-state index in [1.165, 1.54) is 42.1 Å². The monoisotopic (exact) mass is 1180 g/mol. The van der Waals surface area contributed by atoms with E-state index in [4.69, 9.17) is 41.7 Å². The minimum absolute atomic E-state index is 0.0486. The van der Waals surface area contributed by atoms with Crippen LogP contribution in [0.25, 0.3) is 11.2 Å². The molecule has 0 bridgehead atoms. The first-order valence-corrected chi connectivity index (χ1v) is 27.1. The zero-order valence-electron chi connectivity index (χ0n) is 43.5. The van der Waals surface area contributed by atoms with Crippen molar-refractivity contribution in [2.24, 2.45) is 28.1 Å². The molecular formula is C42H68N17O19PS. The van der Waals surface area contributed by atoms with Crippen LogP contribution in [0.3, 0.4) is 0 Å². The van der Waals surface area contributed by atoms with Gasteiger partial charge in [0, 0.05) is 13.1 Å². The van der Waals surface area contributed by atoms with Gasteiger partial charge in [0.2, 0.25) is 53.7 Å². The second-order valence-corrected chi connectivity index (χ2v) is 20.0. The van der Waals surface area contributed by atoms with Crippen LogP contribution in [0.1, 0.15) is 58.6 Å². The van der Waals surface area contributed by atoms with Crippen LogP contribution >= 0.6 is 19.6 Å². The van der Waals surface area contributed by atoms with Crippen molar-refractivity contribution >= 4 is 96.3 Å². The first kappa shape index (κ1) is 67.1. The number of hydrogen-bond acceptors (Lipinski definition) is 23. The number of guanidine groups is 1. The molecule has 0 spiro atoms. The second-order valence-electron chi connectivity index (χ2n) is 17.5. The lowest BCUT2D eigenvalue weighted by molar-refractivity contribution is -0.144. The number of imidazole rings is 1. The molecule has 1 unspecified atom stereocenters. The minimum Gasteiger partial charge on any atom is -0.480 e. The van der Waals surface area contributed by atoms with Gasteiger partial charge < -0.3 is 84.7 Å². The Balaban J connectivity index is 1.49. The number of phosphoric acid groups is 1. The van der Waals surface area contributed by atoms with Crippen LogP contribution in [0.15, 0.2) is 23.8 Å². The molecule has 2 aromatic heterocycles. The summed E-state index contributed by atoms with van der Waals surface area (Å²) in [5.41, 5.74) is 16.7. The summed E-state index contributed by atoms with van der Waals surface area (Å²) in [5.74, 6) is -4.22. The van der Waals surface area contributed by atoms with Crippen LogP contribution in [0, 0.1) is 0 Å². The first-order valence-electron chi connectivity index (χ1n) is 24.2. The van der Waals surface area contributed by atoms with Crippen LogP contribution in [0.2, 0.25) is 0 Å². The molecular weight excluding hydrogens is 1110 g/mol. The molecule has 36 nitrogen and oxygen atoms in total. The Bertz CT molecular complexity index is 2550. The number of fused-ring (bicyclic) bond motifs is 1. The molecule has 12 atom stereocenters. The van der Waals surface area contributed by atoms with E-state index >= 15 is 0 Å². The van der Waals surface area contributed by atoms with Crippen molar-refractivity contribution in [3.63, 3.8) is 0 Å². The normalized spacial score (nSPS) is 19.2. The molecule has 446 valence electrons. The van der Waals surface area contributed by atoms with Gasteiger partial charge in [-0.25, -0.2) is 30.2 Å². The molecule has 1 aliphatic heterocycles. The van der Waals surface area contributed by atoms with Gasteiger partial charge in [-0.05, 0) is 51.5 Å². The number of thioether (sulfide) groups is 1. The molecule has 38 heteroatoms. The molecule has 20 N–H and O–H groups in total. The lowest BCUT2D eigenvalue weighted by atomic mass is 10.1. The second kappa shape index (κ2) is 33.4. The van der Waals surface area contributed by atoms with Crippen LogP contribution in [0.5, 0.6) is 0 Å². The third kappa shape index (κ3) is 22.1. The molecule has 80 heavy (non-hydrogen) atoms. The number of aliphatic hydroxyl groups excluding tert-OH is 2. The summed E-state index contributed by atoms with van der Waals surface area (Å²) in [5, 5.41) is 49.1. The number of carboxylic acids is 1. The minimum atomic E-state index is -4.78. The van der Waals surface area contributed by atoms with E-state index in [9.17, 15) is 72.7 Å². The van der Waals surface area contributed by atoms with Crippen molar-refractivity contribution in [1.29, 1.82) is 0 Å². The van der Waals surface area contributed by atoms with E-state index in [0.29, 0.717) is 17.7 Å². The van der Waals surface area contributed by atoms with Gasteiger partial charge in [-0.3, -0.25) is 66.6 Å². The number of carbonyl (C=O) groups excluding carboxylic acids is 9. The number of nitrogens with one attached hydrogen (secondary N) is 8. The fraction of sp³-hybridized carbons (Fsp3) is 0.619. The smallest absolute Gasteiger partial charge is 0.472 e. The molecule has 0 aromatic carbocycles. The first-order chi connectivity index (χ1) is 37.8. The van der Waals surface area contributed by atoms with Gasteiger partial charge in [0.05, 0.1) is 45.1 Å². The number of ether oxygens (including phenoxy) is 1. The number of nitrogens with two attached hydrogens (primary N) is 4. The Labute approximate surface area is 459 Å². The summed E-state index contributed by atoms with van der Waals surface area (Å²) in [6.45, 7) is 0.135. The highest BCUT2D eigenvalue weighted by molar-refractivity contribution is 7.98. The van der Waals surface area contributed by atoms with E-state index in [1.54, 1.807) is 6.26 Å². The summed E-state index contributed by atoms with van der Waals surface area (Å²) >= 11 is 1.40. The van der Waals surface area contributed by atoms with Crippen LogP contribution < -0.4 is 65.6 Å². The van der Waals surface area contributed by atoms with Crippen molar-refractivity contribution in [2.75, 3.05) is 44.9 Å². The lowest BCUT2D eigenvalue weighted by Crippen LogP contribution is -2.60. The summed E-state index contributed by atoms with van der Waals surface area (Å²) in [6.07, 6.45) is -2.20. The summed E-state index contributed by atoms with van der Waals surface area (Å²) in [7, 11) is -4.78. The van der Waals surface area contributed by atoms with E-state index in [-0.39, 0.29) is 50.4 Å². The molecule has 1 saturated heterocycles. The number of carbonyl (C=O) groups is 10. The van der Waals surface area contributed by atoms with Gasteiger partial charge in [-0.15, -0.1) is 0 Å². The maximum atomic E-state index is 13.6. The van der Waals surface area contributed by atoms with E-state index in [1.807, 2.05) is 0 Å². The molecule has 0 radical (unpaired) electrons. The van der Waals surface area contributed by atoms with Gasteiger partial charge >= 0.3 is 13.8 Å². The van der Waals surface area contributed by atoms with Crippen LogP contribution in [-0.4, -0.2) is 211 Å². The van der Waals surface area contributed by atoms with Crippen molar-refractivity contribution in [2.45, 2.75) is 119 Å². The number of aromatic nitrogens is 4. The Kier molecular flexibility index (Phi) is 28.0. The van der Waals surface area contributed by atoms with E-state index < -0.39 is 161 Å². The molecule has 0 saturated carbocycles. The van der Waals surface area contributed by atoms with E-state index in [2.05, 4.69) is 62.5 Å².